The van der Waals surface area contributed by atoms with Crippen LogP contribution in [0.25, 0.3) is 98.8 Å². The number of hydrogen-bond donors (Lipinski definition) is 0. The number of para-hydroxylation sites is 7. The first-order valence-corrected chi connectivity index (χ1v) is 28.8. The highest BCUT2D eigenvalue weighted by Gasteiger charge is 2.34. The van der Waals surface area contributed by atoms with Gasteiger partial charge >= 0.3 is 0 Å². The molecule has 2 aliphatic rings. The first kappa shape index (κ1) is 47.9. The Morgan fingerprint density at radius 1 is 0.312 bits per heavy atom. The van der Waals surface area contributed by atoms with Crippen molar-refractivity contribution in [1.82, 2.24) is 0 Å². The fourth-order valence-electron chi connectivity index (χ4n) is 13.5. The van der Waals surface area contributed by atoms with E-state index in [9.17, 15) is 0 Å². The standard InChI is InChI=1S/C69H48N2O3.C6H12/c1-3-22-44(23-4-1)47-28-11-15-38-57(47)70(60-41-21-37-55-54-35-19-34-49(46-26-7-8-27-46)66(54)74-68(55)60)64-51-31-9-10-32-52(51)65(69-63(64)56-33-14-18-43-62(56)73-69)71(58-39-16-12-29-48(58)45-24-5-2-6-25-45)59-40-20-36-53-50-30-13-17-42-61(50)72-67(53)59;1-6-4-2-3-5-6/h1-6,9-25,28-43,46H,7-8,26-27H2;6H,2-5H2,1H3. The highest BCUT2D eigenvalue weighted by Crippen LogP contribution is 2.57. The molecule has 11 aromatic carbocycles. The van der Waals surface area contributed by atoms with Crippen LogP contribution in [0.4, 0.5) is 34.1 Å². The van der Waals surface area contributed by atoms with Gasteiger partial charge in [-0.3, -0.25) is 0 Å². The number of nitrogens with zero attached hydrogens (tertiary/aromatic N) is 2. The minimum Gasteiger partial charge on any atom is -0.454 e. The molecule has 0 radical (unpaired) electrons. The number of furan rings is 3. The normalized spacial score (nSPS) is 14.1. The second-order valence-electron chi connectivity index (χ2n) is 22.1. The maximum absolute atomic E-state index is 7.50. The molecule has 0 spiro atoms. The second-order valence-corrected chi connectivity index (χ2v) is 22.1. The van der Waals surface area contributed by atoms with Crippen LogP contribution in [-0.4, -0.2) is 0 Å². The summed E-state index contributed by atoms with van der Waals surface area (Å²) in [6.45, 7) is 2.34. The summed E-state index contributed by atoms with van der Waals surface area (Å²) in [6, 6.07) is 84.6. The lowest BCUT2D eigenvalue weighted by molar-refractivity contribution is 0.612. The maximum atomic E-state index is 7.50. The summed E-state index contributed by atoms with van der Waals surface area (Å²) < 4.78 is 21.9. The van der Waals surface area contributed by atoms with Crippen LogP contribution in [0.3, 0.4) is 0 Å². The summed E-state index contributed by atoms with van der Waals surface area (Å²) in [5, 5.41) is 8.39. The Labute approximate surface area is 465 Å². The molecule has 80 heavy (non-hydrogen) atoms. The van der Waals surface area contributed by atoms with E-state index < -0.39 is 0 Å². The van der Waals surface area contributed by atoms with E-state index in [-0.39, 0.29) is 0 Å². The van der Waals surface area contributed by atoms with Crippen LogP contribution in [0.15, 0.2) is 250 Å². The molecule has 16 rings (SSSR count). The molecule has 0 amide bonds. The zero-order chi connectivity index (χ0) is 53.1. The topological polar surface area (TPSA) is 45.9 Å². The molecule has 2 saturated carbocycles. The molecule has 3 aromatic heterocycles. The van der Waals surface area contributed by atoms with E-state index in [2.05, 4.69) is 247 Å². The predicted octanol–water partition coefficient (Wildman–Crippen LogP) is 22.7. The molecule has 2 fully saturated rings. The van der Waals surface area contributed by atoms with Gasteiger partial charge in [0.2, 0.25) is 0 Å². The highest BCUT2D eigenvalue weighted by molar-refractivity contribution is 6.30. The summed E-state index contributed by atoms with van der Waals surface area (Å²) in [7, 11) is 0. The van der Waals surface area contributed by atoms with Crippen LogP contribution >= 0.6 is 0 Å². The molecule has 14 aromatic rings. The van der Waals surface area contributed by atoms with Gasteiger partial charge in [-0.25, -0.2) is 0 Å². The third kappa shape index (κ3) is 8.05. The van der Waals surface area contributed by atoms with Gasteiger partial charge in [0.25, 0.3) is 0 Å². The van der Waals surface area contributed by atoms with E-state index in [0.717, 1.165) is 139 Å². The van der Waals surface area contributed by atoms with Crippen molar-refractivity contribution in [2.45, 2.75) is 64.2 Å². The van der Waals surface area contributed by atoms with Crippen molar-refractivity contribution in [2.24, 2.45) is 5.92 Å². The van der Waals surface area contributed by atoms with Gasteiger partial charge in [-0.2, -0.15) is 0 Å². The summed E-state index contributed by atoms with van der Waals surface area (Å²) in [5.41, 5.74) is 16.5. The van der Waals surface area contributed by atoms with Gasteiger partial charge in [-0.15, -0.1) is 0 Å². The van der Waals surface area contributed by atoms with Gasteiger partial charge in [-0.05, 0) is 77.8 Å². The molecule has 2 aliphatic carbocycles. The quantitative estimate of drug-likeness (QED) is 0.135. The van der Waals surface area contributed by atoms with Crippen molar-refractivity contribution in [2.75, 3.05) is 9.80 Å². The van der Waals surface area contributed by atoms with Gasteiger partial charge < -0.3 is 23.1 Å². The van der Waals surface area contributed by atoms with E-state index in [1.165, 1.54) is 56.9 Å². The molecule has 5 nitrogen and oxygen atoms in total. The third-order valence-electron chi connectivity index (χ3n) is 17.2. The van der Waals surface area contributed by atoms with Crippen molar-refractivity contribution in [1.29, 1.82) is 0 Å². The zero-order valence-corrected chi connectivity index (χ0v) is 44.9. The number of rotatable bonds is 9. The van der Waals surface area contributed by atoms with E-state index >= 15 is 0 Å². The lowest BCUT2D eigenvalue weighted by atomic mass is 9.95. The first-order chi connectivity index (χ1) is 39.7. The van der Waals surface area contributed by atoms with Gasteiger partial charge in [0, 0.05) is 48.8 Å². The van der Waals surface area contributed by atoms with Gasteiger partial charge in [0.1, 0.15) is 16.7 Å². The Hall–Kier alpha value is -9.32. The second kappa shape index (κ2) is 20.2. The average molecular weight is 1040 g/mol. The molecule has 5 heteroatoms. The number of benzene rings is 11. The van der Waals surface area contributed by atoms with E-state index in [4.69, 9.17) is 13.3 Å². The first-order valence-electron chi connectivity index (χ1n) is 28.8. The Bertz CT molecular complexity index is 4590. The van der Waals surface area contributed by atoms with Gasteiger partial charge in [0.15, 0.2) is 16.7 Å². The zero-order valence-electron chi connectivity index (χ0n) is 44.9. The van der Waals surface area contributed by atoms with Crippen LogP contribution in [-0.2, 0) is 0 Å². The van der Waals surface area contributed by atoms with Crippen molar-refractivity contribution >= 4 is 111 Å². The largest absolute Gasteiger partial charge is 0.454 e. The highest BCUT2D eigenvalue weighted by atomic mass is 16.3. The lowest BCUT2D eigenvalue weighted by Gasteiger charge is -2.33. The van der Waals surface area contributed by atoms with Crippen LogP contribution in [0.2, 0.25) is 0 Å². The minimum atomic E-state index is 0.478. The summed E-state index contributed by atoms with van der Waals surface area (Å²) in [6.07, 6.45) is 10.8. The molecule has 0 unspecified atom stereocenters. The maximum Gasteiger partial charge on any atom is 0.162 e. The van der Waals surface area contributed by atoms with Crippen molar-refractivity contribution in [3.63, 3.8) is 0 Å². The number of fused-ring (bicyclic) bond motifs is 10. The molecular weight excluding hydrogens is 977 g/mol. The Morgan fingerprint density at radius 3 is 1.32 bits per heavy atom. The molecule has 0 bridgehead atoms. The van der Waals surface area contributed by atoms with Crippen molar-refractivity contribution in [3.8, 4) is 22.3 Å². The Morgan fingerprint density at radius 2 is 0.725 bits per heavy atom. The molecule has 3 heterocycles. The minimum absolute atomic E-state index is 0.478. The predicted molar refractivity (Wildman–Crippen MR) is 335 cm³/mol. The SMILES string of the molecule is CC1CCCC1.c1ccc(-c2ccccc2N(c2cccc3c2oc2ccccc23)c2c3ccccc3c(N(c3ccccc3-c3ccccc3)c3cccc4c3oc3c(C5CCCC5)cccc34)c3c2oc2ccccc23)cc1. The molecular formula is C75H60N2O3. The monoisotopic (exact) mass is 1040 g/mol. The molecule has 0 aliphatic heterocycles. The lowest BCUT2D eigenvalue weighted by Crippen LogP contribution is -2.15. The van der Waals surface area contributed by atoms with Gasteiger partial charge in [-0.1, -0.05) is 246 Å². The van der Waals surface area contributed by atoms with E-state index in [1.54, 1.807) is 0 Å². The summed E-state index contributed by atoms with van der Waals surface area (Å²) in [4.78, 5) is 4.87. The summed E-state index contributed by atoms with van der Waals surface area (Å²) >= 11 is 0. The molecule has 0 atom stereocenters. The van der Waals surface area contributed by atoms with Crippen LogP contribution < -0.4 is 9.80 Å². The molecule has 0 N–H and O–H groups in total. The Balaban J connectivity index is 0.000000866. The molecule has 388 valence electrons. The smallest absolute Gasteiger partial charge is 0.162 e. The van der Waals surface area contributed by atoms with Crippen LogP contribution in [0.5, 0.6) is 0 Å². The van der Waals surface area contributed by atoms with Crippen molar-refractivity contribution in [3.05, 3.63) is 242 Å². The van der Waals surface area contributed by atoms with Crippen LogP contribution in [0, 0.1) is 5.92 Å². The third-order valence-corrected chi connectivity index (χ3v) is 17.2. The number of anilines is 6. The van der Waals surface area contributed by atoms with Gasteiger partial charge in [0.05, 0.1) is 39.5 Å². The average Bonchev–Trinajstić information content (AvgIpc) is 4.53. The van der Waals surface area contributed by atoms with E-state index in [0.29, 0.717) is 5.92 Å². The summed E-state index contributed by atoms with van der Waals surface area (Å²) in [5.74, 6) is 1.52. The fourth-order valence-corrected chi connectivity index (χ4v) is 13.5. The van der Waals surface area contributed by atoms with E-state index in [1.807, 2.05) is 6.07 Å². The molecule has 0 saturated heterocycles. The van der Waals surface area contributed by atoms with Crippen LogP contribution in [0.1, 0.15) is 69.8 Å². The Kier molecular flexibility index (Phi) is 12.1. The van der Waals surface area contributed by atoms with Crippen molar-refractivity contribution < 1.29 is 13.3 Å². The number of hydrogen-bond acceptors (Lipinski definition) is 5. The fraction of sp³-hybridized carbons (Fsp3) is 0.147.